The van der Waals surface area contributed by atoms with E-state index in [1.165, 1.54) is 5.56 Å². The molecule has 2 nitrogen and oxygen atoms in total. The van der Waals surface area contributed by atoms with Gasteiger partial charge in [-0.3, -0.25) is 0 Å². The molecular formula is C10H15BrN2. The predicted octanol–water partition coefficient (Wildman–Crippen LogP) is 2.11. The van der Waals surface area contributed by atoms with Gasteiger partial charge in [0, 0.05) is 10.5 Å². The highest BCUT2D eigenvalue weighted by Crippen LogP contribution is 2.24. The van der Waals surface area contributed by atoms with Crippen LogP contribution in [0.15, 0.2) is 22.7 Å². The van der Waals surface area contributed by atoms with Crippen LogP contribution in [0.4, 0.5) is 0 Å². The zero-order valence-electron chi connectivity index (χ0n) is 7.76. The summed E-state index contributed by atoms with van der Waals surface area (Å²) in [5.74, 6) is 0. The molecule has 0 aliphatic carbocycles. The Bertz CT molecular complexity index is 286. The SMILES string of the molecule is Cc1ccc([C@H](N)CCN)c(Br)c1. The van der Waals surface area contributed by atoms with E-state index in [1.807, 2.05) is 0 Å². The van der Waals surface area contributed by atoms with Gasteiger partial charge in [0.15, 0.2) is 0 Å². The Morgan fingerprint density at radius 3 is 2.69 bits per heavy atom. The van der Waals surface area contributed by atoms with Crippen molar-refractivity contribution < 1.29 is 0 Å². The van der Waals surface area contributed by atoms with Crippen molar-refractivity contribution >= 4 is 15.9 Å². The van der Waals surface area contributed by atoms with Crippen LogP contribution in [-0.2, 0) is 0 Å². The quantitative estimate of drug-likeness (QED) is 0.854. The largest absolute Gasteiger partial charge is 0.330 e. The summed E-state index contributed by atoms with van der Waals surface area (Å²) in [6.07, 6.45) is 0.821. The van der Waals surface area contributed by atoms with Crippen LogP contribution in [-0.4, -0.2) is 6.54 Å². The van der Waals surface area contributed by atoms with Crippen molar-refractivity contribution in [3.63, 3.8) is 0 Å². The summed E-state index contributed by atoms with van der Waals surface area (Å²) in [6, 6.07) is 6.24. The number of nitrogens with two attached hydrogens (primary N) is 2. The Balaban J connectivity index is 2.88. The summed E-state index contributed by atoms with van der Waals surface area (Å²) in [6.45, 7) is 2.68. The van der Waals surface area contributed by atoms with Crippen LogP contribution in [0.3, 0.4) is 0 Å². The minimum Gasteiger partial charge on any atom is -0.330 e. The highest BCUT2D eigenvalue weighted by Gasteiger charge is 2.08. The van der Waals surface area contributed by atoms with E-state index in [1.54, 1.807) is 0 Å². The van der Waals surface area contributed by atoms with Gasteiger partial charge in [-0.15, -0.1) is 0 Å². The molecule has 1 atom stereocenters. The van der Waals surface area contributed by atoms with Gasteiger partial charge in [0.05, 0.1) is 0 Å². The van der Waals surface area contributed by atoms with Crippen molar-refractivity contribution in [3.8, 4) is 0 Å². The molecule has 0 radical (unpaired) electrons. The monoisotopic (exact) mass is 242 g/mol. The van der Waals surface area contributed by atoms with Gasteiger partial charge in [-0.05, 0) is 37.1 Å². The van der Waals surface area contributed by atoms with E-state index >= 15 is 0 Å². The molecule has 0 aromatic heterocycles. The molecule has 3 heteroatoms. The normalized spacial score (nSPS) is 12.9. The maximum absolute atomic E-state index is 5.95. The lowest BCUT2D eigenvalue weighted by molar-refractivity contribution is 0.658. The zero-order valence-corrected chi connectivity index (χ0v) is 9.34. The van der Waals surface area contributed by atoms with Crippen LogP contribution < -0.4 is 11.5 Å². The van der Waals surface area contributed by atoms with E-state index in [4.69, 9.17) is 11.5 Å². The van der Waals surface area contributed by atoms with Gasteiger partial charge in [0.25, 0.3) is 0 Å². The van der Waals surface area contributed by atoms with Crippen LogP contribution >= 0.6 is 15.9 Å². The van der Waals surface area contributed by atoms with Gasteiger partial charge >= 0.3 is 0 Å². The second-order valence-corrected chi connectivity index (χ2v) is 4.06. The van der Waals surface area contributed by atoms with Crippen molar-refractivity contribution in [2.75, 3.05) is 6.54 Å². The molecule has 0 aliphatic rings. The number of hydrogen-bond donors (Lipinski definition) is 2. The lowest BCUT2D eigenvalue weighted by atomic mass is 10.0. The number of benzene rings is 1. The van der Waals surface area contributed by atoms with E-state index in [0.717, 1.165) is 16.5 Å². The van der Waals surface area contributed by atoms with Crippen molar-refractivity contribution in [1.29, 1.82) is 0 Å². The molecule has 0 saturated heterocycles. The lowest BCUT2D eigenvalue weighted by Gasteiger charge is -2.12. The van der Waals surface area contributed by atoms with Crippen LogP contribution in [0.25, 0.3) is 0 Å². The molecular weight excluding hydrogens is 228 g/mol. The molecule has 0 unspecified atom stereocenters. The summed E-state index contributed by atoms with van der Waals surface area (Å²) < 4.78 is 1.08. The standard InChI is InChI=1S/C10H15BrN2/c1-7-2-3-8(9(11)6-7)10(13)4-5-12/h2-3,6,10H,4-5,12-13H2,1H3/t10-/m1/s1. The van der Waals surface area contributed by atoms with Crippen molar-refractivity contribution in [1.82, 2.24) is 0 Å². The third-order valence-corrected chi connectivity index (χ3v) is 2.72. The topological polar surface area (TPSA) is 52.0 Å². The summed E-state index contributed by atoms with van der Waals surface area (Å²) in [7, 11) is 0. The zero-order chi connectivity index (χ0) is 9.84. The Morgan fingerprint density at radius 1 is 1.46 bits per heavy atom. The molecule has 0 amide bonds. The average molecular weight is 243 g/mol. The third kappa shape index (κ3) is 2.79. The minimum atomic E-state index is 0.0416. The van der Waals surface area contributed by atoms with Crippen LogP contribution in [0.2, 0.25) is 0 Å². The van der Waals surface area contributed by atoms with Crippen molar-refractivity contribution in [2.45, 2.75) is 19.4 Å². The maximum Gasteiger partial charge on any atom is 0.0318 e. The first-order chi connectivity index (χ1) is 6.15. The third-order valence-electron chi connectivity index (χ3n) is 2.03. The lowest BCUT2D eigenvalue weighted by Crippen LogP contribution is -2.15. The molecule has 0 heterocycles. The van der Waals surface area contributed by atoms with E-state index in [0.29, 0.717) is 6.54 Å². The molecule has 0 bridgehead atoms. The highest BCUT2D eigenvalue weighted by atomic mass is 79.9. The molecule has 13 heavy (non-hydrogen) atoms. The molecule has 1 aromatic rings. The molecule has 1 aromatic carbocycles. The Morgan fingerprint density at radius 2 is 2.15 bits per heavy atom. The Labute approximate surface area is 87.4 Å². The average Bonchev–Trinajstić information content (AvgIpc) is 2.04. The van der Waals surface area contributed by atoms with E-state index in [9.17, 15) is 0 Å². The second kappa shape index (κ2) is 4.74. The molecule has 0 aliphatic heterocycles. The Hall–Kier alpha value is -0.380. The van der Waals surface area contributed by atoms with E-state index in [2.05, 4.69) is 41.1 Å². The number of aryl methyl sites for hydroxylation is 1. The summed E-state index contributed by atoms with van der Waals surface area (Å²) in [4.78, 5) is 0. The van der Waals surface area contributed by atoms with Crippen LogP contribution in [0, 0.1) is 6.92 Å². The van der Waals surface area contributed by atoms with Crippen molar-refractivity contribution in [2.24, 2.45) is 11.5 Å². The molecule has 0 fully saturated rings. The molecule has 4 N–H and O–H groups in total. The summed E-state index contributed by atoms with van der Waals surface area (Å²) >= 11 is 3.50. The fourth-order valence-electron chi connectivity index (χ4n) is 1.27. The van der Waals surface area contributed by atoms with Gasteiger partial charge in [-0.2, -0.15) is 0 Å². The first-order valence-electron chi connectivity index (χ1n) is 4.37. The molecule has 1 rings (SSSR count). The minimum absolute atomic E-state index is 0.0416. The van der Waals surface area contributed by atoms with Gasteiger partial charge in [0.1, 0.15) is 0 Å². The Kier molecular flexibility index (Phi) is 3.90. The smallest absolute Gasteiger partial charge is 0.0318 e. The van der Waals surface area contributed by atoms with Crippen LogP contribution in [0.1, 0.15) is 23.6 Å². The fraction of sp³-hybridized carbons (Fsp3) is 0.400. The summed E-state index contributed by atoms with van der Waals surface area (Å²) in [5.41, 5.74) is 13.8. The van der Waals surface area contributed by atoms with Gasteiger partial charge < -0.3 is 11.5 Å². The van der Waals surface area contributed by atoms with E-state index < -0.39 is 0 Å². The number of halogens is 1. The summed E-state index contributed by atoms with van der Waals surface area (Å²) in [5, 5.41) is 0. The first kappa shape index (κ1) is 10.7. The van der Waals surface area contributed by atoms with Gasteiger partial charge in [0.2, 0.25) is 0 Å². The first-order valence-corrected chi connectivity index (χ1v) is 5.16. The van der Waals surface area contributed by atoms with Crippen molar-refractivity contribution in [3.05, 3.63) is 33.8 Å². The predicted molar refractivity (Wildman–Crippen MR) is 59.5 cm³/mol. The second-order valence-electron chi connectivity index (χ2n) is 3.21. The van der Waals surface area contributed by atoms with Gasteiger partial charge in [-0.25, -0.2) is 0 Å². The highest BCUT2D eigenvalue weighted by molar-refractivity contribution is 9.10. The molecule has 0 saturated carbocycles. The molecule has 72 valence electrons. The van der Waals surface area contributed by atoms with Gasteiger partial charge in [-0.1, -0.05) is 28.1 Å². The fourth-order valence-corrected chi connectivity index (χ4v) is 2.06. The van der Waals surface area contributed by atoms with Crippen LogP contribution in [0.5, 0.6) is 0 Å². The number of hydrogen-bond acceptors (Lipinski definition) is 2. The molecule has 0 spiro atoms. The van der Waals surface area contributed by atoms with E-state index in [-0.39, 0.29) is 6.04 Å². The maximum atomic E-state index is 5.95. The number of rotatable bonds is 3.